The highest BCUT2D eigenvalue weighted by Crippen LogP contribution is 2.26. The molecule has 122 valence electrons. The van der Waals surface area contributed by atoms with E-state index < -0.39 is 17.5 Å². The Bertz CT molecular complexity index is 483. The number of amides is 1. The standard InChI is InChI=1S/C17H25NO4/c1-4-17(5-2,16(20)21)12-18-15(19)14(22-6-3)13-10-8-7-9-11-13/h7-11,14H,4-6,12H2,1-3H3,(H,18,19)(H,20,21). The molecule has 1 unspecified atom stereocenters. The van der Waals surface area contributed by atoms with Crippen LogP contribution >= 0.6 is 0 Å². The maximum Gasteiger partial charge on any atom is 0.311 e. The second-order valence-corrected chi connectivity index (χ2v) is 5.26. The summed E-state index contributed by atoms with van der Waals surface area (Å²) in [4.78, 5) is 23.9. The van der Waals surface area contributed by atoms with Gasteiger partial charge in [-0.2, -0.15) is 0 Å². The Morgan fingerprint density at radius 3 is 2.23 bits per heavy atom. The number of rotatable bonds is 9. The van der Waals surface area contributed by atoms with Crippen LogP contribution in [0.4, 0.5) is 0 Å². The Balaban J connectivity index is 2.82. The van der Waals surface area contributed by atoms with Crippen LogP contribution in [0.2, 0.25) is 0 Å². The minimum absolute atomic E-state index is 0.102. The topological polar surface area (TPSA) is 75.6 Å². The largest absolute Gasteiger partial charge is 0.481 e. The first kappa shape index (κ1) is 18.2. The molecule has 1 rings (SSSR count). The number of ether oxygens (including phenoxy) is 1. The maximum absolute atomic E-state index is 12.4. The molecule has 0 bridgehead atoms. The lowest BCUT2D eigenvalue weighted by Crippen LogP contribution is -2.44. The van der Waals surface area contributed by atoms with Gasteiger partial charge in [0.2, 0.25) is 0 Å². The molecular formula is C17H25NO4. The van der Waals surface area contributed by atoms with E-state index in [2.05, 4.69) is 5.32 Å². The number of nitrogens with one attached hydrogen (secondary N) is 1. The highest BCUT2D eigenvalue weighted by atomic mass is 16.5. The molecule has 5 heteroatoms. The van der Waals surface area contributed by atoms with Crippen molar-refractivity contribution in [3.63, 3.8) is 0 Å². The highest BCUT2D eigenvalue weighted by Gasteiger charge is 2.36. The molecule has 1 aromatic rings. The van der Waals surface area contributed by atoms with Gasteiger partial charge in [0, 0.05) is 13.2 Å². The summed E-state index contributed by atoms with van der Waals surface area (Å²) in [6.45, 7) is 5.97. The van der Waals surface area contributed by atoms with Crippen LogP contribution in [-0.2, 0) is 14.3 Å². The minimum Gasteiger partial charge on any atom is -0.481 e. The fourth-order valence-electron chi connectivity index (χ4n) is 2.34. The summed E-state index contributed by atoms with van der Waals surface area (Å²) >= 11 is 0. The van der Waals surface area contributed by atoms with Crippen molar-refractivity contribution in [2.75, 3.05) is 13.2 Å². The highest BCUT2D eigenvalue weighted by molar-refractivity contribution is 5.83. The van der Waals surface area contributed by atoms with Crippen LogP contribution in [0, 0.1) is 5.41 Å². The first-order valence-corrected chi connectivity index (χ1v) is 7.68. The lowest BCUT2D eigenvalue weighted by atomic mass is 9.82. The Hall–Kier alpha value is -1.88. The van der Waals surface area contributed by atoms with E-state index in [1.807, 2.05) is 51.1 Å². The number of hydrogen-bond donors (Lipinski definition) is 2. The minimum atomic E-state index is -0.927. The normalized spacial score (nSPS) is 12.7. The van der Waals surface area contributed by atoms with Crippen LogP contribution in [0.5, 0.6) is 0 Å². The third-order valence-electron chi connectivity index (χ3n) is 4.08. The SMILES string of the molecule is CCOC(C(=O)NCC(CC)(CC)C(=O)O)c1ccccc1. The molecular weight excluding hydrogens is 282 g/mol. The summed E-state index contributed by atoms with van der Waals surface area (Å²) in [6.07, 6.45) is 0.208. The summed E-state index contributed by atoms with van der Waals surface area (Å²) in [7, 11) is 0. The molecule has 1 amide bonds. The van der Waals surface area contributed by atoms with E-state index in [0.717, 1.165) is 5.56 Å². The molecule has 0 heterocycles. The zero-order valence-electron chi connectivity index (χ0n) is 13.5. The van der Waals surface area contributed by atoms with E-state index >= 15 is 0 Å². The number of aliphatic carboxylic acids is 1. The fraction of sp³-hybridized carbons (Fsp3) is 0.529. The molecule has 0 aliphatic carbocycles. The van der Waals surface area contributed by atoms with E-state index in [1.54, 1.807) is 0 Å². The molecule has 0 saturated carbocycles. The second kappa shape index (κ2) is 8.54. The second-order valence-electron chi connectivity index (χ2n) is 5.26. The van der Waals surface area contributed by atoms with Crippen LogP contribution in [0.1, 0.15) is 45.3 Å². The molecule has 0 aliphatic heterocycles. The molecule has 0 aliphatic rings. The molecule has 0 saturated heterocycles. The Labute approximate surface area is 131 Å². The summed E-state index contributed by atoms with van der Waals surface area (Å²) in [5, 5.41) is 12.2. The maximum atomic E-state index is 12.4. The van der Waals surface area contributed by atoms with Gasteiger partial charge in [-0.25, -0.2) is 0 Å². The van der Waals surface area contributed by atoms with Crippen molar-refractivity contribution >= 4 is 11.9 Å². The fourth-order valence-corrected chi connectivity index (χ4v) is 2.34. The van der Waals surface area contributed by atoms with Crippen molar-refractivity contribution in [1.29, 1.82) is 0 Å². The Kier molecular flexibility index (Phi) is 7.05. The van der Waals surface area contributed by atoms with Crippen molar-refractivity contribution in [2.24, 2.45) is 5.41 Å². The first-order chi connectivity index (χ1) is 10.5. The quantitative estimate of drug-likeness (QED) is 0.735. The number of hydrogen-bond acceptors (Lipinski definition) is 3. The van der Waals surface area contributed by atoms with Gasteiger partial charge in [-0.1, -0.05) is 44.2 Å². The molecule has 5 nitrogen and oxygen atoms in total. The molecule has 0 radical (unpaired) electrons. The van der Waals surface area contributed by atoms with Crippen LogP contribution in [0.3, 0.4) is 0 Å². The number of benzene rings is 1. The number of carbonyl (C=O) groups excluding carboxylic acids is 1. The van der Waals surface area contributed by atoms with Crippen LogP contribution in [0.25, 0.3) is 0 Å². The monoisotopic (exact) mass is 307 g/mol. The van der Waals surface area contributed by atoms with Gasteiger partial charge >= 0.3 is 5.97 Å². The summed E-state index contributed by atoms with van der Waals surface area (Å²) in [5.41, 5.74) is -0.167. The summed E-state index contributed by atoms with van der Waals surface area (Å²) in [6, 6.07) is 9.20. The van der Waals surface area contributed by atoms with Gasteiger partial charge < -0.3 is 15.2 Å². The van der Waals surface area contributed by atoms with E-state index in [9.17, 15) is 14.7 Å². The molecule has 0 fully saturated rings. The molecule has 0 spiro atoms. The lowest BCUT2D eigenvalue weighted by Gasteiger charge is -2.28. The third-order valence-corrected chi connectivity index (χ3v) is 4.08. The van der Waals surface area contributed by atoms with Gasteiger partial charge in [0.1, 0.15) is 0 Å². The zero-order valence-corrected chi connectivity index (χ0v) is 13.5. The van der Waals surface area contributed by atoms with Gasteiger partial charge in [0.05, 0.1) is 5.41 Å². The van der Waals surface area contributed by atoms with Crippen molar-refractivity contribution in [1.82, 2.24) is 5.32 Å². The van der Waals surface area contributed by atoms with Gasteiger partial charge in [-0.15, -0.1) is 0 Å². The number of carboxylic acids is 1. The predicted molar refractivity (Wildman–Crippen MR) is 84.5 cm³/mol. The van der Waals surface area contributed by atoms with Crippen LogP contribution in [0.15, 0.2) is 30.3 Å². The van der Waals surface area contributed by atoms with Gasteiger partial charge in [-0.05, 0) is 25.3 Å². The van der Waals surface area contributed by atoms with Crippen LogP contribution in [-0.4, -0.2) is 30.1 Å². The molecule has 1 aromatic carbocycles. The van der Waals surface area contributed by atoms with Crippen molar-refractivity contribution in [3.05, 3.63) is 35.9 Å². The van der Waals surface area contributed by atoms with Gasteiger partial charge in [0.15, 0.2) is 6.10 Å². The zero-order chi connectivity index (χ0) is 16.6. The van der Waals surface area contributed by atoms with E-state index in [1.165, 1.54) is 0 Å². The van der Waals surface area contributed by atoms with E-state index in [0.29, 0.717) is 19.4 Å². The van der Waals surface area contributed by atoms with Crippen molar-refractivity contribution in [2.45, 2.75) is 39.7 Å². The van der Waals surface area contributed by atoms with Gasteiger partial charge in [-0.3, -0.25) is 9.59 Å². The average Bonchev–Trinajstić information content (AvgIpc) is 2.54. The van der Waals surface area contributed by atoms with Crippen LogP contribution < -0.4 is 5.32 Å². The summed E-state index contributed by atoms with van der Waals surface area (Å²) in [5.74, 6) is -1.19. The van der Waals surface area contributed by atoms with E-state index in [-0.39, 0.29) is 12.5 Å². The number of carbonyl (C=O) groups is 2. The summed E-state index contributed by atoms with van der Waals surface area (Å²) < 4.78 is 5.52. The lowest BCUT2D eigenvalue weighted by molar-refractivity contribution is -0.149. The number of carboxylic acid groups (broad SMARTS) is 1. The molecule has 0 aromatic heterocycles. The molecule has 1 atom stereocenters. The Morgan fingerprint density at radius 2 is 1.77 bits per heavy atom. The third kappa shape index (κ3) is 4.31. The van der Waals surface area contributed by atoms with Crippen molar-refractivity contribution in [3.8, 4) is 0 Å². The molecule has 2 N–H and O–H groups in total. The van der Waals surface area contributed by atoms with E-state index in [4.69, 9.17) is 4.74 Å². The van der Waals surface area contributed by atoms with Gasteiger partial charge in [0.25, 0.3) is 5.91 Å². The predicted octanol–water partition coefficient (Wildman–Crippen LogP) is 2.77. The molecule has 22 heavy (non-hydrogen) atoms. The Morgan fingerprint density at radius 1 is 1.18 bits per heavy atom. The first-order valence-electron chi connectivity index (χ1n) is 7.68. The van der Waals surface area contributed by atoms with Crippen molar-refractivity contribution < 1.29 is 19.4 Å². The smallest absolute Gasteiger partial charge is 0.311 e. The average molecular weight is 307 g/mol.